The third kappa shape index (κ3) is 11.4. The van der Waals surface area contributed by atoms with Crippen LogP contribution in [0.3, 0.4) is 0 Å². The van der Waals surface area contributed by atoms with Crippen molar-refractivity contribution in [3.63, 3.8) is 0 Å². The highest BCUT2D eigenvalue weighted by Gasteiger charge is 2.30. The number of carbonyl (C=O) groups excluding carboxylic acids is 3. The lowest BCUT2D eigenvalue weighted by atomic mass is 9.99. The molecule has 0 aliphatic carbocycles. The largest absolute Gasteiger partial charge is 0.480 e. The summed E-state index contributed by atoms with van der Waals surface area (Å²) in [4.78, 5) is 49.4. The minimum absolute atomic E-state index is 0.0526. The molecule has 8 N–H and O–H groups in total. The van der Waals surface area contributed by atoms with Gasteiger partial charge in [0, 0.05) is 5.75 Å². The number of aliphatic carboxylic acids is 1. The molecular formula is C20H39N5O5S2. The molecule has 5 atom stereocenters. The highest BCUT2D eigenvalue weighted by Crippen LogP contribution is 2.09. The van der Waals surface area contributed by atoms with Gasteiger partial charge in [0.1, 0.15) is 18.1 Å². The first-order valence-corrected chi connectivity index (χ1v) is 12.8. The fourth-order valence-electron chi connectivity index (χ4n) is 2.78. The zero-order valence-corrected chi connectivity index (χ0v) is 20.8. The third-order valence-corrected chi connectivity index (χ3v) is 6.19. The molecule has 12 heteroatoms. The first kappa shape index (κ1) is 30.5. The molecule has 0 aliphatic heterocycles. The summed E-state index contributed by atoms with van der Waals surface area (Å²) in [6.07, 6.45) is 4.45. The van der Waals surface area contributed by atoms with Crippen molar-refractivity contribution < 1.29 is 24.3 Å². The highest BCUT2D eigenvalue weighted by molar-refractivity contribution is 7.98. The van der Waals surface area contributed by atoms with Crippen molar-refractivity contribution in [1.82, 2.24) is 16.0 Å². The Hall–Kier alpha value is -1.50. The van der Waals surface area contributed by atoms with Gasteiger partial charge in [-0.25, -0.2) is 4.79 Å². The van der Waals surface area contributed by atoms with Gasteiger partial charge in [0.2, 0.25) is 17.7 Å². The topological polar surface area (TPSA) is 177 Å². The van der Waals surface area contributed by atoms with E-state index in [4.69, 9.17) is 11.5 Å². The molecule has 0 aliphatic rings. The molecule has 0 aromatic carbocycles. The summed E-state index contributed by atoms with van der Waals surface area (Å²) in [5, 5.41) is 16.9. The quantitative estimate of drug-likeness (QED) is 0.107. The van der Waals surface area contributed by atoms with E-state index < -0.39 is 47.9 Å². The molecule has 0 aromatic rings. The van der Waals surface area contributed by atoms with E-state index in [0.717, 1.165) is 6.42 Å². The molecule has 5 unspecified atom stereocenters. The second-order valence-electron chi connectivity index (χ2n) is 7.68. The van der Waals surface area contributed by atoms with Crippen LogP contribution in [0.15, 0.2) is 0 Å². The van der Waals surface area contributed by atoms with Crippen molar-refractivity contribution in [2.75, 3.05) is 24.3 Å². The molecule has 186 valence electrons. The summed E-state index contributed by atoms with van der Waals surface area (Å²) in [7, 11) is 0. The number of unbranched alkanes of at least 4 members (excludes halogenated alkanes) is 1. The number of nitrogens with one attached hydrogen (secondary N) is 3. The van der Waals surface area contributed by atoms with Crippen LogP contribution in [0.25, 0.3) is 0 Å². The highest BCUT2D eigenvalue weighted by atomic mass is 32.2. The normalized spacial score (nSPS) is 15.7. The van der Waals surface area contributed by atoms with Gasteiger partial charge in [-0.3, -0.25) is 14.4 Å². The molecule has 10 nitrogen and oxygen atoms in total. The molecule has 0 fully saturated rings. The molecule has 0 bridgehead atoms. The van der Waals surface area contributed by atoms with Crippen LogP contribution in [0.5, 0.6) is 0 Å². The van der Waals surface area contributed by atoms with E-state index in [0.29, 0.717) is 31.6 Å². The smallest absolute Gasteiger partial charge is 0.327 e. The van der Waals surface area contributed by atoms with Crippen molar-refractivity contribution >= 4 is 48.1 Å². The fraction of sp³-hybridized carbons (Fsp3) is 0.800. The Kier molecular flexibility index (Phi) is 16.2. The lowest BCUT2D eigenvalue weighted by Gasteiger charge is -2.26. The molecular weight excluding hydrogens is 454 g/mol. The van der Waals surface area contributed by atoms with Crippen molar-refractivity contribution in [1.29, 1.82) is 0 Å². The number of carboxylic acid groups (broad SMARTS) is 1. The Morgan fingerprint density at radius 2 is 1.50 bits per heavy atom. The predicted molar refractivity (Wildman–Crippen MR) is 131 cm³/mol. The van der Waals surface area contributed by atoms with Crippen molar-refractivity contribution in [2.45, 2.75) is 70.1 Å². The lowest BCUT2D eigenvalue weighted by molar-refractivity contribution is -0.141. The van der Waals surface area contributed by atoms with E-state index in [1.54, 1.807) is 0 Å². The number of rotatable bonds is 17. The monoisotopic (exact) mass is 493 g/mol. The van der Waals surface area contributed by atoms with Crippen LogP contribution in [-0.2, 0) is 19.2 Å². The second-order valence-corrected chi connectivity index (χ2v) is 9.03. The zero-order valence-electron chi connectivity index (χ0n) is 19.1. The van der Waals surface area contributed by atoms with Gasteiger partial charge in [-0.15, -0.1) is 0 Å². The summed E-state index contributed by atoms with van der Waals surface area (Å²) in [6.45, 7) is 4.21. The Labute approximate surface area is 200 Å². The van der Waals surface area contributed by atoms with Gasteiger partial charge in [0.05, 0.1) is 6.04 Å². The van der Waals surface area contributed by atoms with Gasteiger partial charge < -0.3 is 32.5 Å². The number of thioether (sulfide) groups is 1. The number of hydrogen-bond acceptors (Lipinski definition) is 8. The molecule has 0 saturated heterocycles. The maximum atomic E-state index is 13.0. The van der Waals surface area contributed by atoms with Gasteiger partial charge in [0.25, 0.3) is 0 Å². The van der Waals surface area contributed by atoms with Gasteiger partial charge in [-0.05, 0) is 50.2 Å². The molecule has 3 amide bonds. The van der Waals surface area contributed by atoms with E-state index in [9.17, 15) is 24.3 Å². The van der Waals surface area contributed by atoms with E-state index in [2.05, 4.69) is 28.6 Å². The summed E-state index contributed by atoms with van der Waals surface area (Å²) < 4.78 is 0. The molecule has 0 radical (unpaired) electrons. The maximum absolute atomic E-state index is 13.0. The number of carboxylic acids is 1. The van der Waals surface area contributed by atoms with E-state index in [1.807, 2.05) is 20.1 Å². The SMILES string of the molecule is CCC(C)C(N)C(=O)NC(CCSC)C(=O)NC(CCCCN)C(=O)NC(CS)C(=O)O. The Balaban J connectivity index is 5.40. The van der Waals surface area contributed by atoms with Gasteiger partial charge in [0.15, 0.2) is 0 Å². The van der Waals surface area contributed by atoms with Crippen LogP contribution >= 0.6 is 24.4 Å². The Morgan fingerprint density at radius 3 is 1.97 bits per heavy atom. The first-order chi connectivity index (χ1) is 15.1. The van der Waals surface area contributed by atoms with E-state index >= 15 is 0 Å². The molecule has 0 saturated carbocycles. The molecule has 32 heavy (non-hydrogen) atoms. The molecule has 0 spiro atoms. The van der Waals surface area contributed by atoms with Crippen molar-refractivity contribution in [3.05, 3.63) is 0 Å². The Bertz CT molecular complexity index is 611. The fourth-order valence-corrected chi connectivity index (χ4v) is 3.50. The molecule has 0 heterocycles. The number of amides is 3. The molecule has 0 rings (SSSR count). The van der Waals surface area contributed by atoms with Gasteiger partial charge in [-0.1, -0.05) is 20.3 Å². The average Bonchev–Trinajstić information content (AvgIpc) is 2.77. The van der Waals surface area contributed by atoms with E-state index in [1.165, 1.54) is 11.8 Å². The zero-order chi connectivity index (χ0) is 24.7. The predicted octanol–water partition coefficient (Wildman–Crippen LogP) is -0.289. The van der Waals surface area contributed by atoms with Crippen LogP contribution in [0.1, 0.15) is 46.0 Å². The first-order valence-electron chi connectivity index (χ1n) is 10.8. The van der Waals surface area contributed by atoms with Crippen molar-refractivity contribution in [3.8, 4) is 0 Å². The summed E-state index contributed by atoms with van der Waals surface area (Å²) in [6, 6.07) is -3.76. The van der Waals surface area contributed by atoms with Crippen LogP contribution in [0, 0.1) is 5.92 Å². The summed E-state index contributed by atoms with van der Waals surface area (Å²) in [5.41, 5.74) is 11.5. The van der Waals surface area contributed by atoms with Crippen LogP contribution in [0.4, 0.5) is 0 Å². The minimum Gasteiger partial charge on any atom is -0.480 e. The number of nitrogens with two attached hydrogens (primary N) is 2. The Morgan fingerprint density at radius 1 is 0.969 bits per heavy atom. The maximum Gasteiger partial charge on any atom is 0.327 e. The van der Waals surface area contributed by atoms with Gasteiger partial charge >= 0.3 is 5.97 Å². The van der Waals surface area contributed by atoms with Crippen LogP contribution in [0.2, 0.25) is 0 Å². The molecule has 0 aromatic heterocycles. The summed E-state index contributed by atoms with van der Waals surface area (Å²) >= 11 is 5.47. The average molecular weight is 494 g/mol. The standard InChI is InChI=1S/C20H39N5O5S2/c1-4-12(2)16(22)19(28)24-14(8-10-32-3)18(27)23-13(7-5-6-9-21)17(26)25-15(11-31)20(29)30/h12-16,31H,4-11,21-22H2,1-3H3,(H,23,27)(H,24,28)(H,25,26)(H,29,30). The second kappa shape index (κ2) is 17.0. The van der Waals surface area contributed by atoms with Crippen molar-refractivity contribution in [2.24, 2.45) is 17.4 Å². The third-order valence-electron chi connectivity index (χ3n) is 5.18. The van der Waals surface area contributed by atoms with E-state index in [-0.39, 0.29) is 18.1 Å². The minimum atomic E-state index is -1.22. The number of carbonyl (C=O) groups is 4. The van der Waals surface area contributed by atoms with Gasteiger partial charge in [-0.2, -0.15) is 24.4 Å². The number of thiol groups is 1. The lowest BCUT2D eigenvalue weighted by Crippen LogP contribution is -2.57. The van der Waals surface area contributed by atoms with Crippen LogP contribution in [-0.4, -0.2) is 77.3 Å². The summed E-state index contributed by atoms with van der Waals surface area (Å²) in [5.74, 6) is -2.32. The van der Waals surface area contributed by atoms with Crippen LogP contribution < -0.4 is 27.4 Å². The number of hydrogen-bond donors (Lipinski definition) is 7.